The quantitative estimate of drug-likeness (QED) is 0.589. The van der Waals surface area contributed by atoms with Crippen molar-refractivity contribution in [3.8, 4) is 0 Å². The van der Waals surface area contributed by atoms with Gasteiger partial charge >= 0.3 is 6.18 Å². The molecule has 0 fully saturated rings. The average Bonchev–Trinajstić information content (AvgIpc) is 1.85. The molecule has 0 rings (SSSR count). The molecule has 1 nitrogen and oxygen atoms in total. The van der Waals surface area contributed by atoms with Crippen LogP contribution in [0.4, 0.5) is 13.2 Å². The highest BCUT2D eigenvalue weighted by molar-refractivity contribution is 4.82. The summed E-state index contributed by atoms with van der Waals surface area (Å²) in [4.78, 5) is 0. The predicted molar refractivity (Wildman–Crippen MR) is 36.0 cm³/mol. The third kappa shape index (κ3) is 7.22. The lowest BCUT2D eigenvalue weighted by Crippen LogP contribution is -2.04. The molecule has 1 atom stereocenters. The molecule has 0 aliphatic heterocycles. The van der Waals surface area contributed by atoms with Gasteiger partial charge in [-0.2, -0.15) is 13.2 Å². The smallest absolute Gasteiger partial charge is 0.412 e. The van der Waals surface area contributed by atoms with Crippen molar-refractivity contribution in [1.82, 2.24) is 0 Å². The van der Waals surface area contributed by atoms with E-state index in [4.69, 9.17) is 0 Å². The Morgan fingerprint density at radius 1 is 1.45 bits per heavy atom. The number of halogens is 3. The van der Waals surface area contributed by atoms with Crippen molar-refractivity contribution >= 4 is 0 Å². The van der Waals surface area contributed by atoms with Crippen molar-refractivity contribution < 1.29 is 17.9 Å². The summed E-state index contributed by atoms with van der Waals surface area (Å²) in [6, 6.07) is 0. The molecule has 66 valence electrons. The number of alkyl halides is 3. The number of allylic oxidation sites excluding steroid dienone is 1. The summed E-state index contributed by atoms with van der Waals surface area (Å²) >= 11 is 0. The molecule has 0 aromatic heterocycles. The minimum atomic E-state index is -4.27. The van der Waals surface area contributed by atoms with Crippen LogP contribution in [0.2, 0.25) is 0 Å². The number of hydrogen-bond acceptors (Lipinski definition) is 1. The molecule has 0 amide bonds. The first-order valence-corrected chi connectivity index (χ1v) is 3.35. The molecule has 0 aromatic rings. The first-order chi connectivity index (χ1) is 4.95. The highest BCUT2D eigenvalue weighted by Gasteiger charge is 2.22. The molecule has 0 aromatic carbocycles. The maximum absolute atomic E-state index is 11.4. The zero-order chi connectivity index (χ0) is 8.91. The van der Waals surface area contributed by atoms with Gasteiger partial charge in [-0.25, -0.2) is 0 Å². The van der Waals surface area contributed by atoms with Gasteiger partial charge in [-0.05, 0) is 13.3 Å². The monoisotopic (exact) mass is 168 g/mol. The summed E-state index contributed by atoms with van der Waals surface area (Å²) in [5.41, 5.74) is 0. The van der Waals surface area contributed by atoms with Crippen molar-refractivity contribution in [3.05, 3.63) is 12.3 Å². The highest BCUT2D eigenvalue weighted by atomic mass is 19.4. The van der Waals surface area contributed by atoms with E-state index in [9.17, 15) is 13.2 Å². The Labute approximate surface area is 63.8 Å². The minimum absolute atomic E-state index is 0.0825. The minimum Gasteiger partial charge on any atom is -0.498 e. The van der Waals surface area contributed by atoms with Gasteiger partial charge in [-0.15, -0.1) is 0 Å². The molecule has 0 aliphatic carbocycles. The van der Waals surface area contributed by atoms with Crippen LogP contribution in [0.1, 0.15) is 20.3 Å². The molecule has 0 aliphatic rings. The van der Waals surface area contributed by atoms with E-state index in [1.807, 2.05) is 6.92 Å². The fourth-order valence-electron chi connectivity index (χ4n) is 0.347. The molecule has 0 saturated heterocycles. The van der Waals surface area contributed by atoms with Gasteiger partial charge in [0.25, 0.3) is 0 Å². The second-order valence-corrected chi connectivity index (χ2v) is 2.20. The van der Waals surface area contributed by atoms with Gasteiger partial charge in [-0.1, -0.05) is 6.92 Å². The fourth-order valence-corrected chi connectivity index (χ4v) is 0.347. The van der Waals surface area contributed by atoms with Crippen molar-refractivity contribution in [3.63, 3.8) is 0 Å². The largest absolute Gasteiger partial charge is 0.498 e. The summed E-state index contributed by atoms with van der Waals surface area (Å²) in [5.74, 6) is 0. The SMILES string of the molecule is CCC(C)O/C=C/C(F)(F)F. The molecule has 4 heteroatoms. The van der Waals surface area contributed by atoms with Crippen LogP contribution in [0.25, 0.3) is 0 Å². The van der Waals surface area contributed by atoms with Crippen molar-refractivity contribution in [2.45, 2.75) is 32.5 Å². The van der Waals surface area contributed by atoms with E-state index in [-0.39, 0.29) is 12.2 Å². The molecule has 11 heavy (non-hydrogen) atoms. The summed E-state index contributed by atoms with van der Waals surface area (Å²) in [7, 11) is 0. The van der Waals surface area contributed by atoms with Gasteiger partial charge in [0, 0.05) is 0 Å². The summed E-state index contributed by atoms with van der Waals surface area (Å²) in [6.07, 6.45) is -2.96. The Morgan fingerprint density at radius 3 is 2.36 bits per heavy atom. The van der Waals surface area contributed by atoms with Gasteiger partial charge < -0.3 is 4.74 Å². The van der Waals surface area contributed by atoms with Gasteiger partial charge in [-0.3, -0.25) is 0 Å². The predicted octanol–water partition coefficient (Wildman–Crippen LogP) is 2.88. The Balaban J connectivity index is 3.61. The Hall–Kier alpha value is -0.670. The third-order valence-electron chi connectivity index (χ3n) is 1.14. The second-order valence-electron chi connectivity index (χ2n) is 2.20. The zero-order valence-electron chi connectivity index (χ0n) is 6.48. The highest BCUT2D eigenvalue weighted by Crippen LogP contribution is 2.16. The normalized spacial score (nSPS) is 15.4. The molecule has 0 spiro atoms. The second kappa shape index (κ2) is 4.26. The van der Waals surface area contributed by atoms with Crippen LogP contribution in [0.15, 0.2) is 12.3 Å². The Bertz CT molecular complexity index is 128. The third-order valence-corrected chi connectivity index (χ3v) is 1.14. The molecular formula is C7H11F3O. The maximum atomic E-state index is 11.4. The topological polar surface area (TPSA) is 9.23 Å². The van der Waals surface area contributed by atoms with Gasteiger partial charge in [0.15, 0.2) is 0 Å². The van der Waals surface area contributed by atoms with Crippen LogP contribution in [0.3, 0.4) is 0 Å². The van der Waals surface area contributed by atoms with E-state index in [1.165, 1.54) is 0 Å². The summed E-state index contributed by atoms with van der Waals surface area (Å²) in [5, 5.41) is 0. The van der Waals surface area contributed by atoms with Crippen LogP contribution in [-0.4, -0.2) is 12.3 Å². The average molecular weight is 168 g/mol. The number of hydrogen-bond donors (Lipinski definition) is 0. The van der Waals surface area contributed by atoms with Crippen LogP contribution in [-0.2, 0) is 4.74 Å². The standard InChI is InChI=1S/C7H11F3O/c1-3-6(2)11-5-4-7(8,9)10/h4-6H,3H2,1-2H3/b5-4+. The lowest BCUT2D eigenvalue weighted by molar-refractivity contribution is -0.0821. The first kappa shape index (κ1) is 10.3. The molecule has 1 unspecified atom stereocenters. The lowest BCUT2D eigenvalue weighted by Gasteiger charge is -2.07. The van der Waals surface area contributed by atoms with Crippen molar-refractivity contribution in [2.75, 3.05) is 0 Å². The van der Waals surface area contributed by atoms with Gasteiger partial charge in [0.05, 0.1) is 18.4 Å². The Morgan fingerprint density at radius 2 is 2.00 bits per heavy atom. The van der Waals surface area contributed by atoms with E-state index >= 15 is 0 Å². The van der Waals surface area contributed by atoms with E-state index in [1.54, 1.807) is 6.92 Å². The summed E-state index contributed by atoms with van der Waals surface area (Å²) < 4.78 is 39.0. The molecule has 0 radical (unpaired) electrons. The molecule has 0 N–H and O–H groups in total. The molecule has 0 saturated carbocycles. The van der Waals surface area contributed by atoms with Gasteiger partial charge in [0.2, 0.25) is 0 Å². The lowest BCUT2D eigenvalue weighted by atomic mass is 10.3. The first-order valence-electron chi connectivity index (χ1n) is 3.35. The number of ether oxygens (including phenoxy) is 1. The molecular weight excluding hydrogens is 157 g/mol. The Kier molecular flexibility index (Phi) is 4.00. The van der Waals surface area contributed by atoms with Crippen molar-refractivity contribution in [1.29, 1.82) is 0 Å². The summed E-state index contributed by atoms with van der Waals surface area (Å²) in [6.45, 7) is 3.55. The van der Waals surface area contributed by atoms with E-state index < -0.39 is 6.18 Å². The van der Waals surface area contributed by atoms with E-state index in [2.05, 4.69) is 4.74 Å². The van der Waals surface area contributed by atoms with E-state index in [0.717, 1.165) is 0 Å². The fraction of sp³-hybridized carbons (Fsp3) is 0.714. The van der Waals surface area contributed by atoms with Crippen LogP contribution in [0, 0.1) is 0 Å². The maximum Gasteiger partial charge on any atom is 0.412 e. The van der Waals surface area contributed by atoms with E-state index in [0.29, 0.717) is 12.7 Å². The van der Waals surface area contributed by atoms with Crippen molar-refractivity contribution in [2.24, 2.45) is 0 Å². The zero-order valence-corrected chi connectivity index (χ0v) is 6.48. The van der Waals surface area contributed by atoms with Crippen LogP contribution in [0.5, 0.6) is 0 Å². The molecule has 0 heterocycles. The van der Waals surface area contributed by atoms with Crippen LogP contribution < -0.4 is 0 Å². The number of rotatable bonds is 3. The molecule has 0 bridgehead atoms. The van der Waals surface area contributed by atoms with Crippen LogP contribution >= 0.6 is 0 Å². The van der Waals surface area contributed by atoms with Gasteiger partial charge in [0.1, 0.15) is 0 Å².